The average Bonchev–Trinajstić information content (AvgIpc) is 2.46. The lowest BCUT2D eigenvalue weighted by atomic mass is 10.3. The Kier molecular flexibility index (Phi) is 6.03. The molecule has 0 aliphatic heterocycles. The normalized spacial score (nSPS) is 11.6. The van der Waals surface area contributed by atoms with Gasteiger partial charge in [0, 0.05) is 25.8 Å². The van der Waals surface area contributed by atoms with Gasteiger partial charge in [-0.3, -0.25) is 16.0 Å². The number of aliphatic hydroxyl groups excluding tert-OH is 1. The molecule has 0 aliphatic rings. The van der Waals surface area contributed by atoms with E-state index in [1.165, 1.54) is 12.1 Å². The highest BCUT2D eigenvalue weighted by Crippen LogP contribution is 2.28. The molecule has 0 saturated heterocycles. The first-order valence-electron chi connectivity index (χ1n) is 6.24. The molecule has 4 N–H and O–H groups in total. The van der Waals surface area contributed by atoms with E-state index in [0.717, 1.165) is 10.4 Å². The number of nitro groups is 1. The Morgan fingerprint density at radius 2 is 2.14 bits per heavy atom. The topological polar surface area (TPSA) is 139 Å². The van der Waals surface area contributed by atoms with Gasteiger partial charge in [0.2, 0.25) is 10.0 Å². The van der Waals surface area contributed by atoms with Crippen LogP contribution in [0, 0.1) is 10.1 Å². The number of benzene rings is 1. The molecular formula is C11H18N4O5S. The second-order valence-electron chi connectivity index (χ2n) is 4.15. The molecule has 1 aromatic carbocycles. The number of hydrogen-bond donors (Lipinski definition) is 3. The minimum Gasteiger partial charge on any atom is -0.396 e. The van der Waals surface area contributed by atoms with E-state index >= 15 is 0 Å². The van der Waals surface area contributed by atoms with Crippen molar-refractivity contribution in [3.05, 3.63) is 28.3 Å². The number of anilines is 1. The number of hydrogen-bond acceptors (Lipinski definition) is 7. The minimum atomic E-state index is -3.86. The molecule has 0 heterocycles. The first kappa shape index (κ1) is 17.3. The Morgan fingerprint density at radius 3 is 2.62 bits per heavy atom. The highest BCUT2D eigenvalue weighted by molar-refractivity contribution is 7.89. The number of nitrogens with zero attached hydrogens (tertiary/aromatic N) is 2. The third-order valence-corrected chi connectivity index (χ3v) is 4.85. The zero-order chi connectivity index (χ0) is 16.0. The van der Waals surface area contributed by atoms with Crippen molar-refractivity contribution in [3.63, 3.8) is 0 Å². The summed E-state index contributed by atoms with van der Waals surface area (Å²) in [6.45, 7) is 1.86. The van der Waals surface area contributed by atoms with Gasteiger partial charge in [0.25, 0.3) is 5.69 Å². The summed E-state index contributed by atoms with van der Waals surface area (Å²) in [5, 5.41) is 19.7. The fourth-order valence-electron chi connectivity index (χ4n) is 1.79. The fraction of sp³-hybridized carbons (Fsp3) is 0.455. The van der Waals surface area contributed by atoms with Gasteiger partial charge in [0.05, 0.1) is 9.82 Å². The van der Waals surface area contributed by atoms with E-state index < -0.39 is 20.6 Å². The highest BCUT2D eigenvalue weighted by Gasteiger charge is 2.26. The van der Waals surface area contributed by atoms with Gasteiger partial charge >= 0.3 is 0 Å². The Balaban J connectivity index is 3.24. The first-order chi connectivity index (χ1) is 9.88. The average molecular weight is 318 g/mol. The number of aliphatic hydroxyl groups is 1. The van der Waals surface area contributed by atoms with E-state index in [-0.39, 0.29) is 36.7 Å². The van der Waals surface area contributed by atoms with Gasteiger partial charge in [-0.25, -0.2) is 8.42 Å². The minimum absolute atomic E-state index is 0.0253. The summed E-state index contributed by atoms with van der Waals surface area (Å²) in [7, 11) is -3.86. The van der Waals surface area contributed by atoms with Crippen LogP contribution in [0.1, 0.15) is 13.3 Å². The number of nitro benzene ring substituents is 1. The summed E-state index contributed by atoms with van der Waals surface area (Å²) in [5.41, 5.74) is 1.76. The maximum absolute atomic E-state index is 12.4. The van der Waals surface area contributed by atoms with E-state index in [1.54, 1.807) is 6.92 Å². The van der Waals surface area contributed by atoms with Crippen LogP contribution in [-0.4, -0.2) is 42.4 Å². The second-order valence-corrected chi connectivity index (χ2v) is 6.09. The number of nitrogen functional groups attached to an aromatic ring is 1. The third-order valence-electron chi connectivity index (χ3n) is 2.88. The molecule has 118 valence electrons. The third kappa shape index (κ3) is 3.88. The molecule has 1 aromatic rings. The smallest absolute Gasteiger partial charge is 0.294 e. The summed E-state index contributed by atoms with van der Waals surface area (Å²) in [6.07, 6.45) is 0.289. The first-order valence-corrected chi connectivity index (χ1v) is 7.68. The molecule has 10 heteroatoms. The summed E-state index contributed by atoms with van der Waals surface area (Å²) in [5.74, 6) is 5.16. The molecule has 9 nitrogen and oxygen atoms in total. The van der Waals surface area contributed by atoms with Crippen molar-refractivity contribution in [2.45, 2.75) is 18.2 Å². The molecule has 0 radical (unpaired) electrons. The molecule has 0 unspecified atom stereocenters. The van der Waals surface area contributed by atoms with E-state index in [4.69, 9.17) is 10.9 Å². The lowest BCUT2D eigenvalue weighted by molar-refractivity contribution is -0.384. The molecule has 0 aliphatic carbocycles. The molecule has 0 amide bonds. The van der Waals surface area contributed by atoms with Crippen LogP contribution in [0.5, 0.6) is 0 Å². The van der Waals surface area contributed by atoms with Crippen molar-refractivity contribution in [3.8, 4) is 0 Å². The van der Waals surface area contributed by atoms with Crippen molar-refractivity contribution in [2.24, 2.45) is 5.84 Å². The molecule has 0 atom stereocenters. The van der Waals surface area contributed by atoms with Crippen molar-refractivity contribution in [2.75, 3.05) is 25.1 Å². The largest absolute Gasteiger partial charge is 0.396 e. The lowest BCUT2D eigenvalue weighted by Crippen LogP contribution is -2.32. The number of hydrazine groups is 1. The van der Waals surface area contributed by atoms with Gasteiger partial charge in [0.15, 0.2) is 0 Å². The van der Waals surface area contributed by atoms with Gasteiger partial charge in [-0.15, -0.1) is 0 Å². The predicted molar refractivity (Wildman–Crippen MR) is 77.0 cm³/mol. The monoisotopic (exact) mass is 318 g/mol. The maximum Gasteiger partial charge on any atom is 0.294 e. The number of nitrogens with one attached hydrogen (secondary N) is 1. The van der Waals surface area contributed by atoms with E-state index in [0.29, 0.717) is 0 Å². The van der Waals surface area contributed by atoms with Gasteiger partial charge in [0.1, 0.15) is 5.69 Å². The Hall–Kier alpha value is -1.75. The zero-order valence-corrected chi connectivity index (χ0v) is 12.3. The van der Waals surface area contributed by atoms with Crippen LogP contribution >= 0.6 is 0 Å². The van der Waals surface area contributed by atoms with E-state index in [2.05, 4.69) is 5.43 Å². The zero-order valence-electron chi connectivity index (χ0n) is 11.5. The second kappa shape index (κ2) is 7.31. The van der Waals surface area contributed by atoms with Crippen molar-refractivity contribution < 1.29 is 18.4 Å². The number of nitrogens with two attached hydrogens (primary N) is 1. The number of sulfonamides is 1. The molecule has 0 aromatic heterocycles. The van der Waals surface area contributed by atoms with Crippen LogP contribution < -0.4 is 11.3 Å². The Bertz CT molecular complexity index is 605. The van der Waals surface area contributed by atoms with Gasteiger partial charge in [-0.1, -0.05) is 6.92 Å². The molecule has 0 fully saturated rings. The standard InChI is InChI=1S/C11H18N4O5S/c1-2-14(6-3-7-16)21(19,20)9-4-5-10(13-12)11(8-9)15(17)18/h4-5,8,13,16H,2-3,6-7,12H2,1H3. The Labute approximate surface area is 122 Å². The van der Waals surface area contributed by atoms with Crippen molar-refractivity contribution in [1.29, 1.82) is 0 Å². The quantitative estimate of drug-likeness (QED) is 0.355. The van der Waals surface area contributed by atoms with Crippen molar-refractivity contribution in [1.82, 2.24) is 4.31 Å². The summed E-state index contributed by atoms with van der Waals surface area (Å²) in [4.78, 5) is 10.0. The van der Waals surface area contributed by atoms with Crippen LogP contribution in [0.3, 0.4) is 0 Å². The molecule has 1 rings (SSSR count). The lowest BCUT2D eigenvalue weighted by Gasteiger charge is -2.20. The summed E-state index contributed by atoms with van der Waals surface area (Å²) in [6, 6.07) is 3.45. The highest BCUT2D eigenvalue weighted by atomic mass is 32.2. The van der Waals surface area contributed by atoms with Crippen LogP contribution in [0.15, 0.2) is 23.1 Å². The number of rotatable bonds is 8. The van der Waals surface area contributed by atoms with Gasteiger partial charge < -0.3 is 10.5 Å². The van der Waals surface area contributed by atoms with Crippen LogP contribution in [0.2, 0.25) is 0 Å². The van der Waals surface area contributed by atoms with Crippen molar-refractivity contribution >= 4 is 21.4 Å². The molecule has 0 bridgehead atoms. The van der Waals surface area contributed by atoms with Gasteiger partial charge in [-0.05, 0) is 18.6 Å². The molecular weight excluding hydrogens is 300 g/mol. The van der Waals surface area contributed by atoms with Gasteiger partial charge in [-0.2, -0.15) is 4.31 Å². The van der Waals surface area contributed by atoms with Crippen LogP contribution in [0.25, 0.3) is 0 Å². The Morgan fingerprint density at radius 1 is 1.48 bits per heavy atom. The fourth-order valence-corrected chi connectivity index (χ4v) is 3.30. The molecule has 21 heavy (non-hydrogen) atoms. The van der Waals surface area contributed by atoms with Crippen LogP contribution in [0.4, 0.5) is 11.4 Å². The maximum atomic E-state index is 12.4. The SMILES string of the molecule is CCN(CCCO)S(=O)(=O)c1ccc(NN)c([N+](=O)[O-])c1. The summed E-state index contributed by atoms with van der Waals surface area (Å²) < 4.78 is 26.0. The van der Waals surface area contributed by atoms with Crippen LogP contribution in [-0.2, 0) is 10.0 Å². The van der Waals surface area contributed by atoms with E-state index in [9.17, 15) is 18.5 Å². The van der Waals surface area contributed by atoms with E-state index in [1.807, 2.05) is 0 Å². The molecule has 0 spiro atoms. The molecule has 0 saturated carbocycles. The summed E-state index contributed by atoms with van der Waals surface area (Å²) >= 11 is 0. The predicted octanol–water partition coefficient (Wildman–Crippen LogP) is 0.273.